The Hall–Kier alpha value is -1.14. The predicted octanol–water partition coefficient (Wildman–Crippen LogP) is 0.154. The van der Waals surface area contributed by atoms with Gasteiger partial charge in [0, 0.05) is 13.1 Å². The van der Waals surface area contributed by atoms with Crippen LogP contribution in [-0.4, -0.2) is 56.2 Å². The molecule has 0 fully saturated rings. The third-order valence-corrected chi connectivity index (χ3v) is 2.18. The minimum absolute atomic E-state index is 0.00592. The largest absolute Gasteiger partial charge is 0.369 e. The van der Waals surface area contributed by atoms with Crippen LogP contribution in [0.1, 0.15) is 26.7 Å². The van der Waals surface area contributed by atoms with E-state index in [4.69, 9.17) is 15.2 Å². The van der Waals surface area contributed by atoms with Crippen LogP contribution in [-0.2, 0) is 19.1 Å². The second kappa shape index (κ2) is 11.0. The van der Waals surface area contributed by atoms with E-state index in [1.54, 1.807) is 4.90 Å². The van der Waals surface area contributed by atoms with Crippen molar-refractivity contribution in [1.29, 1.82) is 0 Å². The molecule has 0 aliphatic carbocycles. The second-order valence-corrected chi connectivity index (χ2v) is 3.95. The molecule has 0 unspecified atom stereocenters. The summed E-state index contributed by atoms with van der Waals surface area (Å²) in [6, 6.07) is 0. The first-order valence-corrected chi connectivity index (χ1v) is 6.33. The van der Waals surface area contributed by atoms with Crippen molar-refractivity contribution in [2.45, 2.75) is 26.7 Å². The normalized spacial score (nSPS) is 10.3. The van der Waals surface area contributed by atoms with Crippen LogP contribution in [0.2, 0.25) is 0 Å². The molecule has 0 saturated heterocycles. The number of primary amides is 1. The molecule has 0 heterocycles. The Kier molecular flexibility index (Phi) is 10.3. The van der Waals surface area contributed by atoms with Gasteiger partial charge in [0.2, 0.25) is 11.8 Å². The smallest absolute Gasteiger partial charge is 0.248 e. The number of rotatable bonds is 11. The molecule has 0 bridgehead atoms. The zero-order valence-corrected chi connectivity index (χ0v) is 11.3. The van der Waals surface area contributed by atoms with Crippen LogP contribution in [0.5, 0.6) is 0 Å². The summed E-state index contributed by atoms with van der Waals surface area (Å²) in [5.74, 6) is -0.517. The van der Waals surface area contributed by atoms with E-state index in [2.05, 4.69) is 0 Å². The van der Waals surface area contributed by atoms with Crippen LogP contribution in [0.3, 0.4) is 0 Å². The zero-order chi connectivity index (χ0) is 13.8. The summed E-state index contributed by atoms with van der Waals surface area (Å²) >= 11 is 0. The van der Waals surface area contributed by atoms with E-state index >= 15 is 0 Å². The number of hydrogen-bond donors (Lipinski definition) is 1. The molecule has 0 spiro atoms. The lowest BCUT2D eigenvalue weighted by Crippen LogP contribution is -2.35. The van der Waals surface area contributed by atoms with Crippen molar-refractivity contribution in [2.24, 2.45) is 5.73 Å². The van der Waals surface area contributed by atoms with Gasteiger partial charge in [0.05, 0.1) is 13.2 Å². The molecule has 0 aliphatic heterocycles. The monoisotopic (exact) mass is 260 g/mol. The summed E-state index contributed by atoms with van der Waals surface area (Å²) in [7, 11) is 0. The highest BCUT2D eigenvalue weighted by molar-refractivity contribution is 5.77. The summed E-state index contributed by atoms with van der Waals surface area (Å²) in [6.07, 6.45) is 1.88. The number of amides is 2. The highest BCUT2D eigenvalue weighted by atomic mass is 16.5. The van der Waals surface area contributed by atoms with Gasteiger partial charge in [0.15, 0.2) is 0 Å². The van der Waals surface area contributed by atoms with Crippen LogP contribution in [0.4, 0.5) is 0 Å². The van der Waals surface area contributed by atoms with Gasteiger partial charge in [-0.2, -0.15) is 0 Å². The Morgan fingerprint density at radius 2 is 1.50 bits per heavy atom. The molecule has 6 nitrogen and oxygen atoms in total. The number of nitrogens with two attached hydrogens (primary N) is 1. The molecular formula is C12H24N2O4. The zero-order valence-electron chi connectivity index (χ0n) is 11.3. The SMILES string of the molecule is CCCN(CCC)C(=O)COCCOCC(N)=O. The Morgan fingerprint density at radius 3 is 1.94 bits per heavy atom. The number of nitrogens with zero attached hydrogens (tertiary/aromatic N) is 1. The van der Waals surface area contributed by atoms with Crippen molar-refractivity contribution in [3.63, 3.8) is 0 Å². The maximum absolute atomic E-state index is 11.8. The summed E-state index contributed by atoms with van der Waals surface area (Å²) in [5.41, 5.74) is 4.90. The lowest BCUT2D eigenvalue weighted by molar-refractivity contribution is -0.137. The average Bonchev–Trinajstić information content (AvgIpc) is 2.32. The first-order chi connectivity index (χ1) is 8.61. The van der Waals surface area contributed by atoms with Gasteiger partial charge in [-0.15, -0.1) is 0 Å². The lowest BCUT2D eigenvalue weighted by atomic mass is 10.3. The lowest BCUT2D eigenvalue weighted by Gasteiger charge is -2.21. The molecule has 2 amide bonds. The average molecular weight is 260 g/mol. The van der Waals surface area contributed by atoms with Crippen molar-refractivity contribution in [2.75, 3.05) is 39.5 Å². The van der Waals surface area contributed by atoms with Crippen molar-refractivity contribution in [3.8, 4) is 0 Å². The number of carbonyl (C=O) groups is 2. The minimum atomic E-state index is -0.511. The Labute approximate surface area is 108 Å². The quantitative estimate of drug-likeness (QED) is 0.536. The third kappa shape index (κ3) is 8.95. The Balaban J connectivity index is 3.63. The molecule has 0 radical (unpaired) electrons. The number of hydrogen-bond acceptors (Lipinski definition) is 4. The molecular weight excluding hydrogens is 236 g/mol. The van der Waals surface area contributed by atoms with Gasteiger partial charge in [-0.05, 0) is 12.8 Å². The molecule has 0 aliphatic rings. The topological polar surface area (TPSA) is 81.9 Å². The summed E-state index contributed by atoms with van der Waals surface area (Å²) in [4.78, 5) is 23.9. The van der Waals surface area contributed by atoms with Gasteiger partial charge in [-0.1, -0.05) is 13.8 Å². The minimum Gasteiger partial charge on any atom is -0.369 e. The highest BCUT2D eigenvalue weighted by Gasteiger charge is 2.11. The fourth-order valence-electron chi connectivity index (χ4n) is 1.44. The molecule has 106 valence electrons. The van der Waals surface area contributed by atoms with E-state index in [1.165, 1.54) is 0 Å². The van der Waals surface area contributed by atoms with Crippen LogP contribution in [0, 0.1) is 0 Å². The fraction of sp³-hybridized carbons (Fsp3) is 0.833. The van der Waals surface area contributed by atoms with E-state index in [0.29, 0.717) is 0 Å². The molecule has 0 aromatic heterocycles. The van der Waals surface area contributed by atoms with Crippen LogP contribution in [0.25, 0.3) is 0 Å². The third-order valence-electron chi connectivity index (χ3n) is 2.18. The van der Waals surface area contributed by atoms with E-state index in [9.17, 15) is 9.59 Å². The van der Waals surface area contributed by atoms with Crippen molar-refractivity contribution < 1.29 is 19.1 Å². The van der Waals surface area contributed by atoms with Gasteiger partial charge in [0.1, 0.15) is 13.2 Å². The second-order valence-electron chi connectivity index (χ2n) is 3.95. The van der Waals surface area contributed by atoms with E-state index < -0.39 is 5.91 Å². The van der Waals surface area contributed by atoms with Crippen LogP contribution in [0.15, 0.2) is 0 Å². The maximum atomic E-state index is 11.8. The van der Waals surface area contributed by atoms with Gasteiger partial charge in [-0.25, -0.2) is 0 Å². The standard InChI is InChI=1S/C12H24N2O4/c1-3-5-14(6-4-2)12(16)10-18-8-7-17-9-11(13)15/h3-10H2,1-2H3,(H2,13,15). The van der Waals surface area contributed by atoms with Crippen LogP contribution >= 0.6 is 0 Å². The predicted molar refractivity (Wildman–Crippen MR) is 68.0 cm³/mol. The van der Waals surface area contributed by atoms with Gasteiger partial charge >= 0.3 is 0 Å². The summed E-state index contributed by atoms with van der Waals surface area (Å²) < 4.78 is 10.1. The first kappa shape index (κ1) is 16.9. The van der Waals surface area contributed by atoms with Gasteiger partial charge in [-0.3, -0.25) is 9.59 Å². The van der Waals surface area contributed by atoms with Gasteiger partial charge in [0.25, 0.3) is 0 Å². The molecule has 0 aromatic carbocycles. The Bertz CT molecular complexity index is 240. The van der Waals surface area contributed by atoms with Crippen molar-refractivity contribution in [1.82, 2.24) is 4.90 Å². The van der Waals surface area contributed by atoms with E-state index in [1.807, 2.05) is 13.8 Å². The maximum Gasteiger partial charge on any atom is 0.248 e. The Morgan fingerprint density at radius 1 is 1.00 bits per heavy atom. The van der Waals surface area contributed by atoms with E-state index in [0.717, 1.165) is 25.9 Å². The van der Waals surface area contributed by atoms with Crippen LogP contribution < -0.4 is 5.73 Å². The molecule has 2 N–H and O–H groups in total. The number of ether oxygens (including phenoxy) is 2. The molecule has 0 aromatic rings. The fourth-order valence-corrected chi connectivity index (χ4v) is 1.44. The molecule has 0 atom stereocenters. The number of carbonyl (C=O) groups excluding carboxylic acids is 2. The van der Waals surface area contributed by atoms with Crippen molar-refractivity contribution >= 4 is 11.8 Å². The van der Waals surface area contributed by atoms with E-state index in [-0.39, 0.29) is 32.3 Å². The first-order valence-electron chi connectivity index (χ1n) is 6.33. The van der Waals surface area contributed by atoms with Gasteiger partial charge < -0.3 is 20.1 Å². The van der Waals surface area contributed by atoms with Crippen molar-refractivity contribution in [3.05, 3.63) is 0 Å². The molecule has 6 heteroatoms. The molecule has 18 heavy (non-hydrogen) atoms. The summed E-state index contributed by atoms with van der Waals surface area (Å²) in [6.45, 7) is 6.07. The summed E-state index contributed by atoms with van der Waals surface area (Å²) in [5, 5.41) is 0. The molecule has 0 rings (SSSR count). The highest BCUT2D eigenvalue weighted by Crippen LogP contribution is 1.96. The molecule has 0 saturated carbocycles.